The summed E-state index contributed by atoms with van der Waals surface area (Å²) in [4.78, 5) is 13.6. The van der Waals surface area contributed by atoms with Gasteiger partial charge in [-0.05, 0) is 6.42 Å². The van der Waals surface area contributed by atoms with Crippen LogP contribution in [-0.2, 0) is 9.73 Å². The molecule has 2 heterocycles. The number of rotatable bonds is 2. The van der Waals surface area contributed by atoms with Crippen LogP contribution in [0.3, 0.4) is 0 Å². The molecule has 1 fully saturated rings. The van der Waals surface area contributed by atoms with Crippen LogP contribution in [0.4, 0.5) is 11.5 Å². The molecule has 8 heteroatoms. The van der Waals surface area contributed by atoms with Crippen LogP contribution in [0.5, 0.6) is 0 Å². The van der Waals surface area contributed by atoms with E-state index in [-0.39, 0.29) is 16.5 Å². The lowest BCUT2D eigenvalue weighted by Gasteiger charge is -2.17. The third-order valence-electron chi connectivity index (χ3n) is 2.20. The molecule has 0 N–H and O–H groups in total. The van der Waals surface area contributed by atoms with Gasteiger partial charge in [0.1, 0.15) is 6.20 Å². The first-order chi connectivity index (χ1) is 7.50. The van der Waals surface area contributed by atoms with Gasteiger partial charge in [-0.1, -0.05) is 11.6 Å². The zero-order chi connectivity index (χ0) is 11.8. The molecule has 1 aromatic heterocycles. The summed E-state index contributed by atoms with van der Waals surface area (Å²) in [6.45, 7) is 0. The maximum absolute atomic E-state index is 11.8. The molecule has 0 unspecified atom stereocenters. The first-order valence-electron chi connectivity index (χ1n) is 4.53. The van der Waals surface area contributed by atoms with Crippen LogP contribution in [0.2, 0.25) is 5.02 Å². The summed E-state index contributed by atoms with van der Waals surface area (Å²) in [7, 11) is -2.19. The van der Waals surface area contributed by atoms with Crippen molar-refractivity contribution in [1.82, 2.24) is 4.98 Å². The second-order valence-corrected chi connectivity index (χ2v) is 6.33. The molecule has 0 aliphatic carbocycles. The maximum atomic E-state index is 11.8. The highest BCUT2D eigenvalue weighted by Crippen LogP contribution is 2.29. The van der Waals surface area contributed by atoms with E-state index < -0.39 is 14.7 Å². The normalized spacial score (nSPS) is 17.6. The van der Waals surface area contributed by atoms with Gasteiger partial charge in [-0.3, -0.25) is 10.1 Å². The molecule has 16 heavy (non-hydrogen) atoms. The summed E-state index contributed by atoms with van der Waals surface area (Å²) in [6, 6.07) is 1.16. The predicted octanol–water partition coefficient (Wildman–Crippen LogP) is 2.15. The molecule has 6 nitrogen and oxygen atoms in total. The van der Waals surface area contributed by atoms with Gasteiger partial charge in [-0.15, -0.1) is 0 Å². The largest absolute Gasteiger partial charge is 0.289 e. The number of nitrogens with zero attached hydrogens (tertiary/aromatic N) is 3. The number of nitro groups is 1. The van der Waals surface area contributed by atoms with Gasteiger partial charge in [-0.2, -0.15) is 4.36 Å². The Morgan fingerprint density at radius 3 is 2.69 bits per heavy atom. The molecule has 1 aromatic rings. The fourth-order valence-corrected chi connectivity index (χ4v) is 2.91. The number of hydrogen-bond acceptors (Lipinski definition) is 5. The van der Waals surface area contributed by atoms with E-state index in [1.54, 1.807) is 0 Å². The molecule has 2 rings (SSSR count). The lowest BCUT2D eigenvalue weighted by Crippen LogP contribution is -2.23. The summed E-state index contributed by atoms with van der Waals surface area (Å²) < 4.78 is 15.7. The third-order valence-corrected chi connectivity index (χ3v) is 4.83. The average Bonchev–Trinajstić information content (AvgIpc) is 2.18. The van der Waals surface area contributed by atoms with Gasteiger partial charge >= 0.3 is 0 Å². The van der Waals surface area contributed by atoms with Crippen LogP contribution in [-0.4, -0.2) is 25.6 Å². The Bertz CT molecular complexity index is 556. The summed E-state index contributed by atoms with van der Waals surface area (Å²) in [5, 5.41) is 10.5. The summed E-state index contributed by atoms with van der Waals surface area (Å²) in [6.07, 6.45) is 1.94. The zero-order valence-electron chi connectivity index (χ0n) is 8.13. The highest BCUT2D eigenvalue weighted by molar-refractivity contribution is 7.95. The van der Waals surface area contributed by atoms with E-state index in [4.69, 9.17) is 11.6 Å². The van der Waals surface area contributed by atoms with Crippen LogP contribution in [0.1, 0.15) is 6.42 Å². The van der Waals surface area contributed by atoms with Crippen LogP contribution in [0.15, 0.2) is 16.6 Å². The van der Waals surface area contributed by atoms with Crippen molar-refractivity contribution in [3.05, 3.63) is 27.4 Å². The van der Waals surface area contributed by atoms with Crippen molar-refractivity contribution >= 4 is 32.8 Å². The van der Waals surface area contributed by atoms with E-state index in [0.717, 1.165) is 18.7 Å². The molecule has 0 radical (unpaired) electrons. The van der Waals surface area contributed by atoms with Gasteiger partial charge < -0.3 is 0 Å². The first kappa shape index (κ1) is 11.3. The molecule has 1 aliphatic rings. The van der Waals surface area contributed by atoms with E-state index in [2.05, 4.69) is 9.35 Å². The predicted molar refractivity (Wildman–Crippen MR) is 60.5 cm³/mol. The topological polar surface area (TPSA) is 85.5 Å². The van der Waals surface area contributed by atoms with Crippen molar-refractivity contribution in [2.45, 2.75) is 6.42 Å². The molecule has 1 saturated heterocycles. The number of halogens is 1. The van der Waals surface area contributed by atoms with Crippen LogP contribution in [0, 0.1) is 10.1 Å². The second-order valence-electron chi connectivity index (χ2n) is 3.38. The number of aromatic nitrogens is 1. The molecular formula is C8H8ClN3O3S. The Kier molecular flexibility index (Phi) is 2.81. The molecular weight excluding hydrogens is 254 g/mol. The monoisotopic (exact) mass is 261 g/mol. The third kappa shape index (κ3) is 2.14. The van der Waals surface area contributed by atoms with Crippen molar-refractivity contribution in [3.8, 4) is 0 Å². The van der Waals surface area contributed by atoms with Gasteiger partial charge in [0.15, 0.2) is 5.82 Å². The molecule has 0 bridgehead atoms. The smallest absolute Gasteiger partial charge is 0.258 e. The van der Waals surface area contributed by atoms with Crippen molar-refractivity contribution in [2.24, 2.45) is 4.36 Å². The van der Waals surface area contributed by atoms with E-state index >= 15 is 0 Å². The summed E-state index contributed by atoms with van der Waals surface area (Å²) in [5.41, 5.74) is -0.201. The minimum atomic E-state index is -2.19. The van der Waals surface area contributed by atoms with Gasteiger partial charge in [0.05, 0.1) is 19.7 Å². The minimum Gasteiger partial charge on any atom is -0.258 e. The Morgan fingerprint density at radius 2 is 2.25 bits per heavy atom. The molecule has 86 valence electrons. The highest BCUT2D eigenvalue weighted by atomic mass is 35.5. The van der Waals surface area contributed by atoms with Gasteiger partial charge in [-0.25, -0.2) is 9.19 Å². The van der Waals surface area contributed by atoms with E-state index in [9.17, 15) is 14.3 Å². The molecule has 0 spiro atoms. The molecule has 0 amide bonds. The van der Waals surface area contributed by atoms with Gasteiger partial charge in [0.2, 0.25) is 0 Å². The quantitative estimate of drug-likeness (QED) is 0.603. The van der Waals surface area contributed by atoms with Crippen molar-refractivity contribution in [2.75, 3.05) is 11.5 Å². The van der Waals surface area contributed by atoms with Crippen molar-refractivity contribution in [1.29, 1.82) is 0 Å². The van der Waals surface area contributed by atoms with E-state index in [0.29, 0.717) is 11.5 Å². The van der Waals surface area contributed by atoms with Crippen molar-refractivity contribution < 1.29 is 9.13 Å². The summed E-state index contributed by atoms with van der Waals surface area (Å²) in [5.74, 6) is 1.21. The Morgan fingerprint density at radius 1 is 1.56 bits per heavy atom. The fourth-order valence-electron chi connectivity index (χ4n) is 1.23. The lowest BCUT2D eigenvalue weighted by atomic mass is 10.4. The maximum Gasteiger partial charge on any atom is 0.289 e. The molecule has 0 saturated carbocycles. The molecule has 0 atom stereocenters. The Labute approximate surface area is 97.0 Å². The number of hydrogen-bond donors (Lipinski definition) is 0. The highest BCUT2D eigenvalue weighted by Gasteiger charge is 2.21. The zero-order valence-corrected chi connectivity index (χ0v) is 9.70. The van der Waals surface area contributed by atoms with Crippen LogP contribution < -0.4 is 0 Å². The van der Waals surface area contributed by atoms with Crippen LogP contribution >= 0.6 is 11.6 Å². The Hall–Kier alpha value is -1.21. The minimum absolute atomic E-state index is 0.0591. The SMILES string of the molecule is O=[N+]([O-])c1cnc(N=S2(=O)CCC2)c(Cl)c1. The number of pyridine rings is 1. The Balaban J connectivity index is 2.41. The standard InChI is InChI=1S/C8H8ClN3O3S/c9-7-4-6(12(13)14)5-10-8(7)11-16(15)2-1-3-16/h4-5H,1-3H2. The van der Waals surface area contributed by atoms with Crippen molar-refractivity contribution in [3.63, 3.8) is 0 Å². The second kappa shape index (κ2) is 3.99. The van der Waals surface area contributed by atoms with E-state index in [1.807, 2.05) is 0 Å². The van der Waals surface area contributed by atoms with Crippen LogP contribution in [0.25, 0.3) is 0 Å². The van der Waals surface area contributed by atoms with Gasteiger partial charge in [0, 0.05) is 17.6 Å². The molecule has 1 aliphatic heterocycles. The van der Waals surface area contributed by atoms with Gasteiger partial charge in [0.25, 0.3) is 5.69 Å². The average molecular weight is 262 g/mol. The fraction of sp³-hybridized carbons (Fsp3) is 0.375. The first-order valence-corrected chi connectivity index (χ1v) is 6.76. The summed E-state index contributed by atoms with van der Waals surface area (Å²) >= 11 is 5.77. The lowest BCUT2D eigenvalue weighted by molar-refractivity contribution is -0.385. The van der Waals surface area contributed by atoms with E-state index in [1.165, 1.54) is 0 Å². The molecule has 0 aromatic carbocycles.